The van der Waals surface area contributed by atoms with E-state index >= 15 is 0 Å². The van der Waals surface area contributed by atoms with Gasteiger partial charge in [0.05, 0.1) is 11.3 Å². The number of benzene rings is 1. The van der Waals surface area contributed by atoms with Crippen LogP contribution in [0.15, 0.2) is 18.2 Å². The molecule has 0 fully saturated rings. The highest BCUT2D eigenvalue weighted by molar-refractivity contribution is 5.98. The van der Waals surface area contributed by atoms with Gasteiger partial charge in [0.1, 0.15) is 11.6 Å². The second kappa shape index (κ2) is 4.91. The number of hydrogen-bond donors (Lipinski definition) is 0. The lowest BCUT2D eigenvalue weighted by atomic mass is 10.0. The van der Waals surface area contributed by atoms with Crippen LogP contribution in [0.4, 0.5) is 8.78 Å². The number of ketones is 1. The summed E-state index contributed by atoms with van der Waals surface area (Å²) in [5, 5.41) is 4.19. The van der Waals surface area contributed by atoms with E-state index < -0.39 is 17.4 Å². The van der Waals surface area contributed by atoms with Gasteiger partial charge in [-0.3, -0.25) is 9.48 Å². The maximum Gasteiger partial charge on any atom is 0.170 e. The molecule has 0 unspecified atom stereocenters. The summed E-state index contributed by atoms with van der Waals surface area (Å²) in [6.45, 7) is 3.63. The smallest absolute Gasteiger partial charge is 0.170 e. The third-order valence-corrected chi connectivity index (χ3v) is 3.23. The van der Waals surface area contributed by atoms with Crippen LogP contribution < -0.4 is 0 Å². The van der Waals surface area contributed by atoms with Gasteiger partial charge < -0.3 is 0 Å². The van der Waals surface area contributed by atoms with E-state index in [1.807, 2.05) is 6.92 Å². The molecule has 0 atom stereocenters. The predicted molar refractivity (Wildman–Crippen MR) is 67.1 cm³/mol. The van der Waals surface area contributed by atoms with Crippen LogP contribution in [0, 0.1) is 25.5 Å². The summed E-state index contributed by atoms with van der Waals surface area (Å²) < 4.78 is 28.3. The molecule has 0 radical (unpaired) electrons. The Balaban J connectivity index is 2.33. The number of Topliss-reactive ketones (excluding diaryl/α,β-unsaturated/α-hetero) is 1. The lowest BCUT2D eigenvalue weighted by Gasteiger charge is -2.04. The van der Waals surface area contributed by atoms with Crippen molar-refractivity contribution in [3.63, 3.8) is 0 Å². The lowest BCUT2D eigenvalue weighted by Crippen LogP contribution is -2.08. The summed E-state index contributed by atoms with van der Waals surface area (Å²) in [6.07, 6.45) is 0.0197. The normalized spacial score (nSPS) is 10.8. The van der Waals surface area contributed by atoms with Gasteiger partial charge in [-0.2, -0.15) is 5.10 Å². The molecule has 0 aliphatic rings. The Morgan fingerprint density at radius 3 is 2.58 bits per heavy atom. The van der Waals surface area contributed by atoms with Crippen molar-refractivity contribution in [2.45, 2.75) is 20.3 Å². The van der Waals surface area contributed by atoms with Crippen LogP contribution in [0.1, 0.15) is 27.3 Å². The van der Waals surface area contributed by atoms with Gasteiger partial charge >= 0.3 is 0 Å². The zero-order valence-electron chi connectivity index (χ0n) is 11.0. The summed E-state index contributed by atoms with van der Waals surface area (Å²) in [7, 11) is 1.78. The standard InChI is InChI=1S/C14H14F2N2O/c1-8-11(9(2)18(3)17-8)7-14(19)12-6-10(15)4-5-13(12)16/h4-6H,7H2,1-3H3. The first-order chi connectivity index (χ1) is 8.90. The van der Waals surface area contributed by atoms with E-state index in [1.165, 1.54) is 0 Å². The van der Waals surface area contributed by atoms with Crippen molar-refractivity contribution in [1.29, 1.82) is 0 Å². The first kappa shape index (κ1) is 13.4. The van der Waals surface area contributed by atoms with Crippen molar-refractivity contribution < 1.29 is 13.6 Å². The molecule has 1 aromatic heterocycles. The fraction of sp³-hybridized carbons (Fsp3) is 0.286. The van der Waals surface area contributed by atoms with Crippen LogP contribution in [0.5, 0.6) is 0 Å². The molecule has 2 rings (SSSR count). The van der Waals surface area contributed by atoms with E-state index in [9.17, 15) is 13.6 Å². The molecule has 0 amide bonds. The third-order valence-electron chi connectivity index (χ3n) is 3.23. The van der Waals surface area contributed by atoms with Crippen molar-refractivity contribution in [3.8, 4) is 0 Å². The minimum atomic E-state index is -0.703. The van der Waals surface area contributed by atoms with Gasteiger partial charge in [0.2, 0.25) is 0 Å². The molecule has 3 nitrogen and oxygen atoms in total. The largest absolute Gasteiger partial charge is 0.294 e. The Bertz CT molecular complexity index is 647. The zero-order chi connectivity index (χ0) is 14.2. The van der Waals surface area contributed by atoms with Gasteiger partial charge in [0, 0.05) is 24.7 Å². The van der Waals surface area contributed by atoms with E-state index in [0.29, 0.717) is 0 Å². The Kier molecular flexibility index (Phi) is 3.46. The number of rotatable bonds is 3. The van der Waals surface area contributed by atoms with Crippen LogP contribution >= 0.6 is 0 Å². The van der Waals surface area contributed by atoms with Crippen molar-refractivity contribution >= 4 is 5.78 Å². The third kappa shape index (κ3) is 2.54. The number of hydrogen-bond acceptors (Lipinski definition) is 2. The van der Waals surface area contributed by atoms with Gasteiger partial charge in [-0.15, -0.1) is 0 Å². The number of carbonyl (C=O) groups is 1. The van der Waals surface area contributed by atoms with Crippen LogP contribution in [0.2, 0.25) is 0 Å². The van der Waals surface area contributed by atoms with Gasteiger partial charge in [0.15, 0.2) is 5.78 Å². The summed E-state index contributed by atoms with van der Waals surface area (Å²) in [4.78, 5) is 12.1. The molecule has 1 aromatic carbocycles. The minimum Gasteiger partial charge on any atom is -0.294 e. The molecular weight excluding hydrogens is 250 g/mol. The molecular formula is C14H14F2N2O. The fourth-order valence-corrected chi connectivity index (χ4v) is 2.04. The molecule has 0 aliphatic heterocycles. The number of nitrogens with zero attached hydrogens (tertiary/aromatic N) is 2. The summed E-state index contributed by atoms with van der Waals surface area (Å²) >= 11 is 0. The molecule has 19 heavy (non-hydrogen) atoms. The average Bonchev–Trinajstić information content (AvgIpc) is 2.59. The van der Waals surface area contributed by atoms with E-state index in [0.717, 1.165) is 35.2 Å². The molecule has 0 saturated heterocycles. The van der Waals surface area contributed by atoms with Crippen molar-refractivity contribution in [2.75, 3.05) is 0 Å². The average molecular weight is 264 g/mol. The van der Waals surface area contributed by atoms with Crippen LogP contribution in [-0.4, -0.2) is 15.6 Å². The SMILES string of the molecule is Cc1nn(C)c(C)c1CC(=O)c1cc(F)ccc1F. The quantitative estimate of drug-likeness (QED) is 0.799. The molecule has 0 N–H and O–H groups in total. The van der Waals surface area contributed by atoms with Gasteiger partial charge in [-0.25, -0.2) is 8.78 Å². The van der Waals surface area contributed by atoms with Gasteiger partial charge in [-0.05, 0) is 32.0 Å². The van der Waals surface area contributed by atoms with E-state index in [2.05, 4.69) is 5.10 Å². The Labute approximate surface area is 109 Å². The number of aryl methyl sites for hydroxylation is 2. The summed E-state index contributed by atoms with van der Waals surface area (Å²) in [5.41, 5.74) is 2.12. The predicted octanol–water partition coefficient (Wildman–Crippen LogP) is 2.74. The van der Waals surface area contributed by atoms with Gasteiger partial charge in [-0.1, -0.05) is 0 Å². The molecule has 1 heterocycles. The monoisotopic (exact) mass is 264 g/mol. The highest BCUT2D eigenvalue weighted by Gasteiger charge is 2.18. The first-order valence-corrected chi connectivity index (χ1v) is 5.87. The highest BCUT2D eigenvalue weighted by Crippen LogP contribution is 2.17. The zero-order valence-corrected chi connectivity index (χ0v) is 11.0. The molecule has 100 valence electrons. The minimum absolute atomic E-state index is 0.0197. The maximum absolute atomic E-state index is 13.5. The second-order valence-corrected chi connectivity index (χ2v) is 4.50. The summed E-state index contributed by atoms with van der Waals surface area (Å²) in [6, 6.07) is 2.89. The van der Waals surface area contributed by atoms with Crippen molar-refractivity contribution in [3.05, 3.63) is 52.3 Å². The van der Waals surface area contributed by atoms with Gasteiger partial charge in [0.25, 0.3) is 0 Å². The first-order valence-electron chi connectivity index (χ1n) is 5.87. The number of halogens is 2. The van der Waals surface area contributed by atoms with Crippen molar-refractivity contribution in [2.24, 2.45) is 7.05 Å². The number of carbonyl (C=O) groups excluding carboxylic acids is 1. The fourth-order valence-electron chi connectivity index (χ4n) is 2.04. The topological polar surface area (TPSA) is 34.9 Å². The van der Waals surface area contributed by atoms with Crippen LogP contribution in [0.25, 0.3) is 0 Å². The lowest BCUT2D eigenvalue weighted by molar-refractivity contribution is 0.0988. The van der Waals surface area contributed by atoms with E-state index in [4.69, 9.17) is 0 Å². The van der Waals surface area contributed by atoms with Crippen LogP contribution in [0.3, 0.4) is 0 Å². The molecule has 0 aliphatic carbocycles. The highest BCUT2D eigenvalue weighted by atomic mass is 19.1. The van der Waals surface area contributed by atoms with Crippen molar-refractivity contribution in [1.82, 2.24) is 9.78 Å². The maximum atomic E-state index is 13.5. The summed E-state index contributed by atoms with van der Waals surface area (Å²) in [5.74, 6) is -1.77. The molecule has 0 saturated carbocycles. The Morgan fingerprint density at radius 1 is 1.32 bits per heavy atom. The van der Waals surface area contributed by atoms with Crippen LogP contribution in [-0.2, 0) is 13.5 Å². The Hall–Kier alpha value is -2.04. The molecule has 5 heteroatoms. The van der Waals surface area contributed by atoms with E-state index in [-0.39, 0.29) is 12.0 Å². The molecule has 2 aromatic rings. The second-order valence-electron chi connectivity index (χ2n) is 4.50. The van der Waals surface area contributed by atoms with E-state index in [1.54, 1.807) is 18.7 Å². The Morgan fingerprint density at radius 2 is 2.00 bits per heavy atom. The molecule has 0 spiro atoms. The number of aromatic nitrogens is 2. The molecule has 0 bridgehead atoms.